The van der Waals surface area contributed by atoms with Crippen LogP contribution in [0.3, 0.4) is 0 Å². The topological polar surface area (TPSA) is 84.2 Å². The van der Waals surface area contributed by atoms with E-state index in [1.54, 1.807) is 16.2 Å². The van der Waals surface area contributed by atoms with Crippen LogP contribution in [0.4, 0.5) is 15.2 Å². The third kappa shape index (κ3) is 2.73. The molecule has 1 aliphatic heterocycles. The van der Waals surface area contributed by atoms with Crippen molar-refractivity contribution >= 4 is 23.4 Å². The maximum atomic E-state index is 12.9. The monoisotopic (exact) mass is 345 g/mol. The van der Waals surface area contributed by atoms with Gasteiger partial charge in [-0.1, -0.05) is 5.10 Å². The first-order valence-corrected chi connectivity index (χ1v) is 8.01. The molecule has 0 bridgehead atoms. The molecular weight excluding hydrogens is 333 g/mol. The highest BCUT2D eigenvalue weighted by atomic mass is 32.1. The van der Waals surface area contributed by atoms with Crippen LogP contribution in [0.5, 0.6) is 0 Å². The Balaban J connectivity index is 1.43. The fraction of sp³-hybridized carbons (Fsp3) is 0.200. The highest BCUT2D eigenvalue weighted by molar-refractivity contribution is 7.11. The van der Waals surface area contributed by atoms with E-state index in [1.807, 2.05) is 6.92 Å². The summed E-state index contributed by atoms with van der Waals surface area (Å²) in [6.45, 7) is 2.93. The van der Waals surface area contributed by atoms with Gasteiger partial charge >= 0.3 is 12.0 Å². The number of nitrogens with zero attached hydrogens (tertiary/aromatic N) is 4. The van der Waals surface area contributed by atoms with Crippen LogP contribution >= 0.6 is 11.3 Å². The van der Waals surface area contributed by atoms with Gasteiger partial charge in [0.2, 0.25) is 5.89 Å². The Kier molecular flexibility index (Phi) is 3.49. The molecule has 0 unspecified atom stereocenters. The lowest BCUT2D eigenvalue weighted by molar-refractivity contribution is 0.211. The first-order chi connectivity index (χ1) is 11.6. The number of thiazole rings is 1. The molecule has 1 N–H and O–H groups in total. The fourth-order valence-corrected chi connectivity index (χ4v) is 3.43. The number of hydrogen-bond acceptors (Lipinski definition) is 6. The predicted octanol–water partition coefficient (Wildman–Crippen LogP) is 3.19. The molecule has 2 aromatic heterocycles. The first-order valence-electron chi connectivity index (χ1n) is 7.19. The second kappa shape index (κ2) is 5.68. The van der Waals surface area contributed by atoms with Crippen molar-refractivity contribution in [3.63, 3.8) is 0 Å². The zero-order valence-electron chi connectivity index (χ0n) is 12.6. The quantitative estimate of drug-likeness (QED) is 0.771. The lowest BCUT2D eigenvalue weighted by Gasteiger charge is -2.14. The molecule has 4 rings (SSSR count). The van der Waals surface area contributed by atoms with Gasteiger partial charge in [-0.25, -0.2) is 14.2 Å². The lowest BCUT2D eigenvalue weighted by atomic mass is 10.2. The molecule has 1 aliphatic rings. The molecule has 1 aromatic carbocycles. The molecule has 0 saturated heterocycles. The maximum Gasteiger partial charge on any atom is 0.326 e. The molecule has 0 spiro atoms. The van der Waals surface area contributed by atoms with Gasteiger partial charge in [-0.15, -0.1) is 16.4 Å². The number of aromatic nitrogens is 3. The summed E-state index contributed by atoms with van der Waals surface area (Å²) in [5.74, 6) is -0.139. The zero-order chi connectivity index (χ0) is 16.7. The van der Waals surface area contributed by atoms with Crippen LogP contribution in [0.2, 0.25) is 0 Å². The van der Waals surface area contributed by atoms with Gasteiger partial charge in [0.25, 0.3) is 0 Å². The molecule has 3 aromatic rings. The normalized spacial score (nSPS) is 13.2. The van der Waals surface area contributed by atoms with Gasteiger partial charge in [-0.3, -0.25) is 5.32 Å². The number of carbonyl (C=O) groups is 1. The summed E-state index contributed by atoms with van der Waals surface area (Å²) >= 11 is 1.59. The predicted molar refractivity (Wildman–Crippen MR) is 84.8 cm³/mol. The fourth-order valence-electron chi connectivity index (χ4n) is 2.47. The molecule has 0 fully saturated rings. The Labute approximate surface area is 140 Å². The SMILES string of the molecule is Cc1nc2c(s1)CN(C(=O)Nc1nnc(-c3ccc(F)cc3)o1)C2. The van der Waals surface area contributed by atoms with Crippen molar-refractivity contribution in [3.05, 3.63) is 45.7 Å². The number of carbonyl (C=O) groups excluding carboxylic acids is 1. The van der Waals surface area contributed by atoms with Gasteiger partial charge < -0.3 is 9.32 Å². The maximum absolute atomic E-state index is 12.9. The number of rotatable bonds is 2. The molecule has 24 heavy (non-hydrogen) atoms. The van der Waals surface area contributed by atoms with E-state index in [9.17, 15) is 9.18 Å². The van der Waals surface area contributed by atoms with Crippen LogP contribution in [0.25, 0.3) is 11.5 Å². The van der Waals surface area contributed by atoms with Crippen molar-refractivity contribution in [2.45, 2.75) is 20.0 Å². The second-order valence-electron chi connectivity index (χ2n) is 5.31. The number of aryl methyl sites for hydroxylation is 1. The molecule has 0 aliphatic carbocycles. The number of benzene rings is 1. The largest absolute Gasteiger partial charge is 0.403 e. The van der Waals surface area contributed by atoms with Crippen LogP contribution in [-0.4, -0.2) is 26.1 Å². The number of anilines is 1. The Morgan fingerprint density at radius 1 is 1.29 bits per heavy atom. The van der Waals surface area contributed by atoms with E-state index in [0.29, 0.717) is 18.7 Å². The highest BCUT2D eigenvalue weighted by Crippen LogP contribution is 2.28. The van der Waals surface area contributed by atoms with E-state index in [1.165, 1.54) is 24.3 Å². The number of hydrogen-bond donors (Lipinski definition) is 1. The Hall–Kier alpha value is -2.81. The van der Waals surface area contributed by atoms with Gasteiger partial charge in [0.15, 0.2) is 0 Å². The van der Waals surface area contributed by atoms with Crippen LogP contribution in [-0.2, 0) is 13.1 Å². The summed E-state index contributed by atoms with van der Waals surface area (Å²) in [5, 5.41) is 11.2. The summed E-state index contributed by atoms with van der Waals surface area (Å²) in [7, 11) is 0. The average Bonchev–Trinajstić information content (AvgIpc) is 3.22. The third-order valence-electron chi connectivity index (χ3n) is 3.58. The van der Waals surface area contributed by atoms with E-state index >= 15 is 0 Å². The molecule has 2 amide bonds. The van der Waals surface area contributed by atoms with E-state index in [-0.39, 0.29) is 23.8 Å². The number of urea groups is 1. The average molecular weight is 345 g/mol. The minimum Gasteiger partial charge on any atom is -0.403 e. The number of nitrogens with one attached hydrogen (secondary N) is 1. The van der Waals surface area contributed by atoms with Crippen molar-refractivity contribution in [3.8, 4) is 11.5 Å². The molecule has 7 nitrogen and oxygen atoms in total. The summed E-state index contributed by atoms with van der Waals surface area (Å²) < 4.78 is 18.3. The smallest absolute Gasteiger partial charge is 0.326 e. The standard InChI is InChI=1S/C15H12FN5O2S/c1-8-17-11-6-21(7-12(11)24-8)15(22)18-14-20-19-13(23-14)9-2-4-10(16)5-3-9/h2-5H,6-7H2,1H3,(H,18,20,22). The van der Waals surface area contributed by atoms with Gasteiger partial charge in [-0.05, 0) is 31.2 Å². The van der Waals surface area contributed by atoms with Crippen LogP contribution < -0.4 is 5.32 Å². The van der Waals surface area contributed by atoms with E-state index in [0.717, 1.165) is 15.6 Å². The molecule has 0 saturated carbocycles. The molecule has 0 atom stereocenters. The van der Waals surface area contributed by atoms with E-state index in [2.05, 4.69) is 20.5 Å². The van der Waals surface area contributed by atoms with Gasteiger partial charge in [-0.2, -0.15) is 0 Å². The molecule has 9 heteroatoms. The van der Waals surface area contributed by atoms with Crippen LogP contribution in [0.1, 0.15) is 15.6 Å². The number of amides is 2. The van der Waals surface area contributed by atoms with Crippen molar-refractivity contribution < 1.29 is 13.6 Å². The third-order valence-corrected chi connectivity index (χ3v) is 4.58. The lowest BCUT2D eigenvalue weighted by Crippen LogP contribution is -2.30. The zero-order valence-corrected chi connectivity index (χ0v) is 13.4. The van der Waals surface area contributed by atoms with Gasteiger partial charge in [0.05, 0.1) is 23.8 Å². The van der Waals surface area contributed by atoms with Crippen molar-refractivity contribution in [2.24, 2.45) is 0 Å². The van der Waals surface area contributed by atoms with Gasteiger partial charge in [0.1, 0.15) is 5.82 Å². The highest BCUT2D eigenvalue weighted by Gasteiger charge is 2.27. The second-order valence-corrected chi connectivity index (χ2v) is 6.60. The summed E-state index contributed by atoms with van der Waals surface area (Å²) in [6.07, 6.45) is 0. The molecule has 3 heterocycles. The molecular formula is C15H12FN5O2S. The van der Waals surface area contributed by atoms with E-state index < -0.39 is 0 Å². The number of fused-ring (bicyclic) bond motifs is 1. The first kappa shape index (κ1) is 14.8. The summed E-state index contributed by atoms with van der Waals surface area (Å²) in [6, 6.07) is 5.33. The van der Waals surface area contributed by atoms with Crippen LogP contribution in [0, 0.1) is 12.7 Å². The molecule has 122 valence electrons. The van der Waals surface area contributed by atoms with Crippen molar-refractivity contribution in [2.75, 3.05) is 5.32 Å². The number of halogens is 1. The van der Waals surface area contributed by atoms with Gasteiger partial charge in [0, 0.05) is 10.4 Å². The Bertz CT molecular complexity index is 881. The van der Waals surface area contributed by atoms with Crippen molar-refractivity contribution in [1.82, 2.24) is 20.1 Å². The summed E-state index contributed by atoms with van der Waals surface area (Å²) in [4.78, 5) is 19.4. The van der Waals surface area contributed by atoms with E-state index in [4.69, 9.17) is 4.42 Å². The minimum atomic E-state index is -0.350. The van der Waals surface area contributed by atoms with Crippen molar-refractivity contribution in [1.29, 1.82) is 0 Å². The Morgan fingerprint density at radius 2 is 2.08 bits per heavy atom. The molecule has 0 radical (unpaired) electrons. The minimum absolute atomic E-state index is 0.00119. The van der Waals surface area contributed by atoms with Crippen LogP contribution in [0.15, 0.2) is 28.7 Å². The summed E-state index contributed by atoms with van der Waals surface area (Å²) in [5.41, 5.74) is 1.51. The Morgan fingerprint density at radius 3 is 2.83 bits per heavy atom.